The van der Waals surface area contributed by atoms with E-state index in [1.165, 1.54) is 0 Å². The molecule has 146 valence electrons. The molecule has 2 fully saturated rings. The largest absolute Gasteiger partial charge is 0.357 e. The molecule has 2 aliphatic heterocycles. The van der Waals surface area contributed by atoms with Gasteiger partial charge in [-0.3, -0.25) is 9.89 Å². The fourth-order valence-electron chi connectivity index (χ4n) is 3.51. The van der Waals surface area contributed by atoms with Gasteiger partial charge in [-0.15, -0.1) is 0 Å². The molecule has 2 rings (SSSR count). The number of likely N-dealkylation sites (N-methyl/N-ethyl adjacent to an activating group) is 1. The van der Waals surface area contributed by atoms with Gasteiger partial charge >= 0.3 is 0 Å². The third kappa shape index (κ3) is 6.42. The molecule has 0 aromatic carbocycles. The highest BCUT2D eigenvalue weighted by Crippen LogP contribution is 2.14. The van der Waals surface area contributed by atoms with Crippen LogP contribution in [0.15, 0.2) is 4.99 Å². The van der Waals surface area contributed by atoms with Gasteiger partial charge < -0.3 is 15.5 Å². The highest BCUT2D eigenvalue weighted by atomic mass is 32.2. The summed E-state index contributed by atoms with van der Waals surface area (Å²) in [7, 11) is -0.712. The molecule has 0 bridgehead atoms. The second kappa shape index (κ2) is 9.19. The summed E-state index contributed by atoms with van der Waals surface area (Å²) in [5, 5.41) is 6.57. The van der Waals surface area contributed by atoms with E-state index in [0.717, 1.165) is 45.2 Å². The Kier molecular flexibility index (Phi) is 7.51. The Balaban J connectivity index is 1.97. The molecule has 2 aliphatic rings. The monoisotopic (exact) mass is 373 g/mol. The van der Waals surface area contributed by atoms with Crippen molar-refractivity contribution in [1.82, 2.24) is 20.4 Å². The molecule has 0 radical (unpaired) electrons. The molecule has 2 atom stereocenters. The molecular weight excluding hydrogens is 338 g/mol. The Hall–Kier alpha value is -0.860. The van der Waals surface area contributed by atoms with Crippen molar-refractivity contribution in [2.45, 2.75) is 39.3 Å². The molecule has 2 saturated heterocycles. The van der Waals surface area contributed by atoms with E-state index in [1.807, 2.05) is 6.92 Å². The number of rotatable bonds is 6. The smallest absolute Gasteiger partial charge is 0.191 e. The molecule has 25 heavy (non-hydrogen) atoms. The summed E-state index contributed by atoms with van der Waals surface area (Å²) in [6.07, 6.45) is 0.665. The number of piperazine rings is 1. The molecular formula is C17H35N5O2S. The van der Waals surface area contributed by atoms with Crippen molar-refractivity contribution in [3.8, 4) is 0 Å². The van der Waals surface area contributed by atoms with Crippen LogP contribution in [0.1, 0.15) is 27.2 Å². The van der Waals surface area contributed by atoms with Crippen LogP contribution in [0.5, 0.6) is 0 Å². The van der Waals surface area contributed by atoms with Crippen LogP contribution in [0.2, 0.25) is 0 Å². The fourth-order valence-corrected chi connectivity index (χ4v) is 5.18. The molecule has 0 aliphatic carbocycles. The lowest BCUT2D eigenvalue weighted by atomic mass is 10.0. The van der Waals surface area contributed by atoms with Crippen molar-refractivity contribution in [3.63, 3.8) is 0 Å². The maximum Gasteiger partial charge on any atom is 0.191 e. The molecule has 8 heteroatoms. The predicted molar refractivity (Wildman–Crippen MR) is 104 cm³/mol. The second-order valence-corrected chi connectivity index (χ2v) is 9.84. The molecule has 0 amide bonds. The van der Waals surface area contributed by atoms with Gasteiger partial charge in [-0.05, 0) is 26.3 Å². The Bertz CT molecular complexity index is 541. The molecule has 0 saturated carbocycles. The quantitative estimate of drug-likeness (QED) is 0.504. The van der Waals surface area contributed by atoms with Crippen LogP contribution in [-0.2, 0) is 9.84 Å². The molecule has 2 unspecified atom stereocenters. The van der Waals surface area contributed by atoms with Gasteiger partial charge in [0.25, 0.3) is 0 Å². The van der Waals surface area contributed by atoms with Crippen molar-refractivity contribution in [3.05, 3.63) is 0 Å². The minimum Gasteiger partial charge on any atom is -0.357 e. The van der Waals surface area contributed by atoms with E-state index in [0.29, 0.717) is 18.4 Å². The number of sulfone groups is 1. The zero-order valence-electron chi connectivity index (χ0n) is 16.2. The van der Waals surface area contributed by atoms with Gasteiger partial charge in [0.1, 0.15) is 0 Å². The van der Waals surface area contributed by atoms with Gasteiger partial charge in [0, 0.05) is 44.8 Å². The summed E-state index contributed by atoms with van der Waals surface area (Å²) in [6.45, 7) is 12.4. The molecule has 7 nitrogen and oxygen atoms in total. The van der Waals surface area contributed by atoms with Crippen LogP contribution in [0.4, 0.5) is 0 Å². The van der Waals surface area contributed by atoms with Crippen LogP contribution in [0.3, 0.4) is 0 Å². The summed E-state index contributed by atoms with van der Waals surface area (Å²) >= 11 is 0. The molecule has 2 N–H and O–H groups in total. The Morgan fingerprint density at radius 2 is 1.92 bits per heavy atom. The van der Waals surface area contributed by atoms with Crippen molar-refractivity contribution in [2.75, 3.05) is 57.8 Å². The summed E-state index contributed by atoms with van der Waals surface area (Å²) < 4.78 is 23.3. The zero-order chi connectivity index (χ0) is 18.4. The van der Waals surface area contributed by atoms with E-state index in [2.05, 4.69) is 41.3 Å². The number of nitrogens with zero attached hydrogens (tertiary/aromatic N) is 3. The van der Waals surface area contributed by atoms with Gasteiger partial charge in [-0.2, -0.15) is 0 Å². The number of hydrogen-bond acceptors (Lipinski definition) is 5. The highest BCUT2D eigenvalue weighted by Gasteiger charge is 2.29. The summed E-state index contributed by atoms with van der Waals surface area (Å²) in [6, 6.07) is 0.389. The van der Waals surface area contributed by atoms with Crippen molar-refractivity contribution < 1.29 is 8.42 Å². The van der Waals surface area contributed by atoms with Crippen molar-refractivity contribution in [2.24, 2.45) is 10.9 Å². The van der Waals surface area contributed by atoms with Crippen LogP contribution in [0.25, 0.3) is 0 Å². The van der Waals surface area contributed by atoms with Gasteiger partial charge in [-0.25, -0.2) is 8.42 Å². The Labute approximate surface area is 153 Å². The van der Waals surface area contributed by atoms with Gasteiger partial charge in [0.15, 0.2) is 15.8 Å². The first-order valence-corrected chi connectivity index (χ1v) is 11.3. The van der Waals surface area contributed by atoms with Crippen LogP contribution < -0.4 is 10.6 Å². The van der Waals surface area contributed by atoms with Crippen LogP contribution in [-0.4, -0.2) is 94.1 Å². The lowest BCUT2D eigenvalue weighted by Crippen LogP contribution is -2.52. The maximum atomic E-state index is 11.7. The minimum absolute atomic E-state index is 0.0241. The lowest BCUT2D eigenvalue weighted by molar-refractivity contribution is 0.0925. The topological polar surface area (TPSA) is 77.0 Å². The van der Waals surface area contributed by atoms with Crippen LogP contribution >= 0.6 is 0 Å². The lowest BCUT2D eigenvalue weighted by Gasteiger charge is -2.39. The zero-order valence-corrected chi connectivity index (χ0v) is 17.0. The van der Waals surface area contributed by atoms with E-state index in [1.54, 1.807) is 0 Å². The van der Waals surface area contributed by atoms with Gasteiger partial charge in [0.2, 0.25) is 0 Å². The first-order valence-electron chi connectivity index (χ1n) is 9.48. The van der Waals surface area contributed by atoms with E-state index >= 15 is 0 Å². The molecule has 2 heterocycles. The molecule has 0 spiro atoms. The van der Waals surface area contributed by atoms with E-state index < -0.39 is 9.84 Å². The van der Waals surface area contributed by atoms with Crippen molar-refractivity contribution in [1.29, 1.82) is 0 Å². The summed E-state index contributed by atoms with van der Waals surface area (Å²) in [5.74, 6) is 1.76. The minimum atomic E-state index is -2.88. The highest BCUT2D eigenvalue weighted by molar-refractivity contribution is 7.91. The third-order valence-electron chi connectivity index (χ3n) is 5.13. The summed E-state index contributed by atoms with van der Waals surface area (Å²) in [5.41, 5.74) is 0. The van der Waals surface area contributed by atoms with E-state index in [-0.39, 0.29) is 17.5 Å². The average Bonchev–Trinajstić information content (AvgIpc) is 2.88. The predicted octanol–water partition coefficient (Wildman–Crippen LogP) is 0.000600. The van der Waals surface area contributed by atoms with Crippen molar-refractivity contribution >= 4 is 15.8 Å². The fraction of sp³-hybridized carbons (Fsp3) is 0.941. The Morgan fingerprint density at radius 3 is 2.44 bits per heavy atom. The Morgan fingerprint density at radius 1 is 1.24 bits per heavy atom. The second-order valence-electron chi connectivity index (χ2n) is 7.61. The normalized spacial score (nSPS) is 26.8. The summed E-state index contributed by atoms with van der Waals surface area (Å²) in [4.78, 5) is 9.69. The number of guanidine groups is 1. The first-order chi connectivity index (χ1) is 11.8. The van der Waals surface area contributed by atoms with E-state index in [4.69, 9.17) is 4.99 Å². The van der Waals surface area contributed by atoms with Crippen LogP contribution in [0, 0.1) is 5.92 Å². The average molecular weight is 374 g/mol. The van der Waals surface area contributed by atoms with Gasteiger partial charge in [-0.1, -0.05) is 13.8 Å². The molecule has 0 aromatic rings. The number of aliphatic imine (C=N–C) groups is 1. The number of hydrogen-bond donors (Lipinski definition) is 2. The first kappa shape index (κ1) is 20.5. The van der Waals surface area contributed by atoms with Gasteiger partial charge in [0.05, 0.1) is 18.1 Å². The standard InChI is InChI=1S/C17H35N5O2S/c1-5-18-17(20-15-6-11-25(23,24)13-15)19-12-16(14(2)3)22-9-7-21(4)8-10-22/h14-16H,5-13H2,1-4H3,(H2,18,19,20). The third-order valence-corrected chi connectivity index (χ3v) is 6.90. The maximum absolute atomic E-state index is 11.7. The van der Waals surface area contributed by atoms with E-state index in [9.17, 15) is 8.42 Å². The number of nitrogens with one attached hydrogen (secondary N) is 2. The molecule has 0 aromatic heterocycles. The SMILES string of the molecule is CCNC(=NCC(C(C)C)N1CCN(C)CC1)NC1CCS(=O)(=O)C1.